The Balaban J connectivity index is 2.57. The van der Waals surface area contributed by atoms with E-state index in [1.807, 2.05) is 0 Å². The van der Waals surface area contributed by atoms with Gasteiger partial charge in [0.2, 0.25) is 0 Å². The Morgan fingerprint density at radius 1 is 1.64 bits per heavy atom. The molecule has 0 unspecified atom stereocenters. The molecule has 0 aromatic carbocycles. The molecular weight excluding hydrogens is 198 g/mol. The monoisotopic (exact) mass is 207 g/mol. The number of pyridine rings is 1. The first-order valence-corrected chi connectivity index (χ1v) is 4.70. The largest absolute Gasteiger partial charge is 0.294 e. The molecule has 1 aromatic heterocycles. The van der Waals surface area contributed by atoms with Crippen LogP contribution in [-0.4, -0.2) is 10.8 Å². The second-order valence-corrected chi connectivity index (χ2v) is 3.24. The summed E-state index contributed by atoms with van der Waals surface area (Å²) in [6, 6.07) is 3.23. The van der Waals surface area contributed by atoms with E-state index in [-0.39, 0.29) is 5.78 Å². The molecular formula is C11H10ClNO. The van der Waals surface area contributed by atoms with Crippen molar-refractivity contribution >= 4 is 17.4 Å². The number of hydrogen-bond acceptors (Lipinski definition) is 2. The topological polar surface area (TPSA) is 30.0 Å². The quantitative estimate of drug-likeness (QED) is 0.329. The Morgan fingerprint density at radius 2 is 2.43 bits per heavy atom. The van der Waals surface area contributed by atoms with Gasteiger partial charge >= 0.3 is 0 Å². The van der Waals surface area contributed by atoms with Gasteiger partial charge < -0.3 is 0 Å². The van der Waals surface area contributed by atoms with Crippen LogP contribution in [0.3, 0.4) is 0 Å². The van der Waals surface area contributed by atoms with Crippen LogP contribution in [0.5, 0.6) is 0 Å². The molecule has 1 rings (SSSR count). The summed E-state index contributed by atoms with van der Waals surface area (Å²) in [5, 5.41) is 0.341. The van der Waals surface area contributed by atoms with Gasteiger partial charge in [0.25, 0.3) is 0 Å². The highest BCUT2D eigenvalue weighted by Crippen LogP contribution is 2.10. The Bertz CT molecular complexity index is 368. The highest BCUT2D eigenvalue weighted by molar-refractivity contribution is 6.29. The Kier molecular flexibility index (Phi) is 4.15. The maximum Gasteiger partial charge on any atom is 0.163 e. The number of rotatable bonds is 4. The number of carbonyl (C=O) groups is 1. The summed E-state index contributed by atoms with van der Waals surface area (Å²) in [7, 11) is 0. The van der Waals surface area contributed by atoms with E-state index in [1.54, 1.807) is 12.1 Å². The standard InChI is InChI=1S/C11H10ClNO/c1-2-3-4-5-10(14)9-6-7-13-11(12)8-9/h1,6-8H,3-5H2. The van der Waals surface area contributed by atoms with E-state index in [4.69, 9.17) is 18.0 Å². The van der Waals surface area contributed by atoms with Crippen molar-refractivity contribution in [2.75, 3.05) is 0 Å². The van der Waals surface area contributed by atoms with E-state index in [0.717, 1.165) is 6.42 Å². The zero-order chi connectivity index (χ0) is 10.4. The second kappa shape index (κ2) is 5.41. The van der Waals surface area contributed by atoms with Crippen molar-refractivity contribution in [1.29, 1.82) is 0 Å². The number of nitrogens with zero attached hydrogens (tertiary/aromatic N) is 1. The van der Waals surface area contributed by atoms with Crippen molar-refractivity contribution in [1.82, 2.24) is 4.98 Å². The maximum atomic E-state index is 11.5. The summed E-state index contributed by atoms with van der Waals surface area (Å²) in [5.41, 5.74) is 0.599. The Hall–Kier alpha value is -1.33. The van der Waals surface area contributed by atoms with Crippen molar-refractivity contribution in [2.24, 2.45) is 0 Å². The highest BCUT2D eigenvalue weighted by atomic mass is 35.5. The van der Waals surface area contributed by atoms with Gasteiger partial charge in [0.1, 0.15) is 5.15 Å². The van der Waals surface area contributed by atoms with Crippen molar-refractivity contribution in [3.05, 3.63) is 29.0 Å². The molecule has 2 nitrogen and oxygen atoms in total. The maximum absolute atomic E-state index is 11.5. The van der Waals surface area contributed by atoms with Gasteiger partial charge in [0, 0.05) is 24.6 Å². The lowest BCUT2D eigenvalue weighted by Crippen LogP contribution is -1.98. The number of hydrogen-bond donors (Lipinski definition) is 0. The number of halogens is 1. The van der Waals surface area contributed by atoms with Gasteiger partial charge in [-0.2, -0.15) is 0 Å². The molecule has 0 aliphatic carbocycles. The predicted molar refractivity (Wildman–Crippen MR) is 56.3 cm³/mol. The summed E-state index contributed by atoms with van der Waals surface area (Å²) >= 11 is 5.65. The van der Waals surface area contributed by atoms with E-state index in [0.29, 0.717) is 23.6 Å². The number of Topliss-reactive ketones (excluding diaryl/α,β-unsaturated/α-hetero) is 1. The lowest BCUT2D eigenvalue weighted by molar-refractivity contribution is 0.0980. The van der Waals surface area contributed by atoms with Crippen LogP contribution in [0.4, 0.5) is 0 Å². The van der Waals surface area contributed by atoms with Crippen molar-refractivity contribution in [3.63, 3.8) is 0 Å². The lowest BCUT2D eigenvalue weighted by Gasteiger charge is -1.99. The number of carbonyl (C=O) groups excluding carboxylic acids is 1. The van der Waals surface area contributed by atoms with E-state index in [9.17, 15) is 4.79 Å². The van der Waals surface area contributed by atoms with E-state index in [2.05, 4.69) is 10.9 Å². The molecule has 0 aliphatic heterocycles. The summed E-state index contributed by atoms with van der Waals surface area (Å²) < 4.78 is 0. The normalized spacial score (nSPS) is 9.43. The average Bonchev–Trinajstić information content (AvgIpc) is 2.18. The number of aromatic nitrogens is 1. The SMILES string of the molecule is C#CCCCC(=O)c1ccnc(Cl)c1. The smallest absolute Gasteiger partial charge is 0.163 e. The fraction of sp³-hybridized carbons (Fsp3) is 0.273. The van der Waals surface area contributed by atoms with Crippen LogP contribution in [-0.2, 0) is 0 Å². The van der Waals surface area contributed by atoms with Gasteiger partial charge in [-0.3, -0.25) is 4.79 Å². The van der Waals surface area contributed by atoms with Gasteiger partial charge in [0.05, 0.1) is 0 Å². The first kappa shape index (κ1) is 10.7. The summed E-state index contributed by atoms with van der Waals surface area (Å²) in [4.78, 5) is 15.3. The Morgan fingerprint density at radius 3 is 3.07 bits per heavy atom. The van der Waals surface area contributed by atoms with Crippen LogP contribution in [0.1, 0.15) is 29.6 Å². The summed E-state index contributed by atoms with van der Waals surface area (Å²) in [5.74, 6) is 2.56. The van der Waals surface area contributed by atoms with Crippen LogP contribution < -0.4 is 0 Å². The first-order valence-electron chi connectivity index (χ1n) is 4.32. The van der Waals surface area contributed by atoms with E-state index < -0.39 is 0 Å². The molecule has 0 saturated carbocycles. The van der Waals surface area contributed by atoms with Crippen LogP contribution >= 0.6 is 11.6 Å². The lowest BCUT2D eigenvalue weighted by atomic mass is 10.1. The number of terminal acetylenes is 1. The molecule has 0 radical (unpaired) electrons. The number of unbranched alkanes of at least 4 members (excludes halogenated alkanes) is 1. The molecule has 0 fully saturated rings. The second-order valence-electron chi connectivity index (χ2n) is 2.85. The molecule has 0 atom stereocenters. The third kappa shape index (κ3) is 3.20. The van der Waals surface area contributed by atoms with E-state index >= 15 is 0 Å². The van der Waals surface area contributed by atoms with Gasteiger partial charge in [-0.15, -0.1) is 12.3 Å². The molecule has 72 valence electrons. The van der Waals surface area contributed by atoms with Gasteiger partial charge in [-0.1, -0.05) is 11.6 Å². The zero-order valence-corrected chi connectivity index (χ0v) is 8.42. The first-order chi connectivity index (χ1) is 6.74. The average molecular weight is 208 g/mol. The van der Waals surface area contributed by atoms with Crippen LogP contribution in [0, 0.1) is 12.3 Å². The van der Waals surface area contributed by atoms with Crippen molar-refractivity contribution < 1.29 is 4.79 Å². The molecule has 0 spiro atoms. The van der Waals surface area contributed by atoms with Crippen LogP contribution in [0.25, 0.3) is 0 Å². The minimum atomic E-state index is 0.0598. The van der Waals surface area contributed by atoms with Crippen LogP contribution in [0.2, 0.25) is 5.15 Å². The third-order valence-electron chi connectivity index (χ3n) is 1.77. The minimum absolute atomic E-state index is 0.0598. The minimum Gasteiger partial charge on any atom is -0.294 e. The predicted octanol–water partition coefficient (Wildman–Crippen LogP) is 2.72. The zero-order valence-electron chi connectivity index (χ0n) is 7.66. The fourth-order valence-corrected chi connectivity index (χ4v) is 1.25. The molecule has 3 heteroatoms. The molecule has 0 saturated heterocycles. The molecule has 0 amide bonds. The van der Waals surface area contributed by atoms with Crippen molar-refractivity contribution in [3.8, 4) is 12.3 Å². The van der Waals surface area contributed by atoms with Gasteiger partial charge in [-0.05, 0) is 18.6 Å². The molecule has 14 heavy (non-hydrogen) atoms. The van der Waals surface area contributed by atoms with E-state index in [1.165, 1.54) is 6.20 Å². The van der Waals surface area contributed by atoms with Crippen molar-refractivity contribution in [2.45, 2.75) is 19.3 Å². The van der Waals surface area contributed by atoms with Gasteiger partial charge in [0.15, 0.2) is 5.78 Å². The Labute approximate surface area is 88.3 Å². The van der Waals surface area contributed by atoms with Crippen LogP contribution in [0.15, 0.2) is 18.3 Å². The summed E-state index contributed by atoms with van der Waals surface area (Å²) in [6.07, 6.45) is 8.42. The molecule has 1 heterocycles. The fourth-order valence-electron chi connectivity index (χ4n) is 1.07. The highest BCUT2D eigenvalue weighted by Gasteiger charge is 2.05. The molecule has 1 aromatic rings. The summed E-state index contributed by atoms with van der Waals surface area (Å²) in [6.45, 7) is 0. The molecule has 0 bridgehead atoms. The third-order valence-corrected chi connectivity index (χ3v) is 1.98. The molecule has 0 N–H and O–H groups in total. The molecule has 0 aliphatic rings. The number of ketones is 1. The van der Waals surface area contributed by atoms with Gasteiger partial charge in [-0.25, -0.2) is 4.98 Å².